The van der Waals surface area contributed by atoms with Crippen LogP contribution < -0.4 is 11.1 Å². The molecule has 0 aromatic heterocycles. The summed E-state index contributed by atoms with van der Waals surface area (Å²) in [6.45, 7) is 3.07. The second-order valence-electron chi connectivity index (χ2n) is 4.74. The van der Waals surface area contributed by atoms with Crippen molar-refractivity contribution in [3.05, 3.63) is 0 Å². The fourth-order valence-corrected chi connectivity index (χ4v) is 2.55. The molecule has 0 saturated carbocycles. The molecule has 2 aliphatic heterocycles. The Kier molecular flexibility index (Phi) is 3.23. The fourth-order valence-electron chi connectivity index (χ4n) is 2.55. The zero-order chi connectivity index (χ0) is 10.9. The molecule has 2 rings (SSSR count). The van der Waals surface area contributed by atoms with Crippen LogP contribution >= 0.6 is 0 Å². The summed E-state index contributed by atoms with van der Waals surface area (Å²) in [5.41, 5.74) is 4.43. The van der Waals surface area contributed by atoms with Crippen molar-refractivity contribution < 1.29 is 8.78 Å². The first-order chi connectivity index (χ1) is 7.12. The molecule has 3 nitrogen and oxygen atoms in total. The van der Waals surface area contributed by atoms with Crippen LogP contribution in [0.1, 0.15) is 19.3 Å². The van der Waals surface area contributed by atoms with E-state index in [9.17, 15) is 8.78 Å². The standard InChI is InChI=1S/C10H19F2N3/c11-9(12)10(13)3-6-15(7-10)8-1-4-14-5-2-8/h8-9,14H,1-7,13H2. The Morgan fingerprint density at radius 2 is 2.00 bits per heavy atom. The normalized spacial score (nSPS) is 35.2. The minimum Gasteiger partial charge on any atom is -0.319 e. The van der Waals surface area contributed by atoms with Crippen LogP contribution in [0.15, 0.2) is 0 Å². The van der Waals surface area contributed by atoms with Crippen LogP contribution in [0.25, 0.3) is 0 Å². The third-order valence-corrected chi connectivity index (χ3v) is 3.62. The quantitative estimate of drug-likeness (QED) is 0.706. The first kappa shape index (κ1) is 11.2. The highest BCUT2D eigenvalue weighted by atomic mass is 19.3. The van der Waals surface area contributed by atoms with Gasteiger partial charge in [0, 0.05) is 19.1 Å². The second kappa shape index (κ2) is 4.31. The molecule has 2 aliphatic rings. The minimum atomic E-state index is -2.40. The molecule has 0 spiro atoms. The molecule has 0 amide bonds. The van der Waals surface area contributed by atoms with Crippen LogP contribution in [0.2, 0.25) is 0 Å². The van der Waals surface area contributed by atoms with E-state index < -0.39 is 12.0 Å². The lowest BCUT2D eigenvalue weighted by atomic mass is 10.0. The molecule has 88 valence electrons. The van der Waals surface area contributed by atoms with Crippen LogP contribution in [0.5, 0.6) is 0 Å². The second-order valence-corrected chi connectivity index (χ2v) is 4.74. The predicted octanol–water partition coefficient (Wildman–Crippen LogP) is 0.407. The van der Waals surface area contributed by atoms with Gasteiger partial charge in [-0.1, -0.05) is 0 Å². The number of likely N-dealkylation sites (tertiary alicyclic amines) is 1. The maximum absolute atomic E-state index is 12.7. The summed E-state index contributed by atoms with van der Waals surface area (Å²) < 4.78 is 25.4. The Hall–Kier alpha value is -0.260. The molecular formula is C10H19F2N3. The van der Waals surface area contributed by atoms with Gasteiger partial charge in [0.25, 0.3) is 6.43 Å². The SMILES string of the molecule is NC1(C(F)F)CCN(C2CCNCC2)C1. The summed E-state index contributed by atoms with van der Waals surface area (Å²) in [7, 11) is 0. The number of nitrogens with two attached hydrogens (primary N) is 1. The van der Waals surface area contributed by atoms with Crippen molar-refractivity contribution in [2.24, 2.45) is 5.73 Å². The number of hydrogen-bond acceptors (Lipinski definition) is 3. The molecule has 15 heavy (non-hydrogen) atoms. The predicted molar refractivity (Wildman–Crippen MR) is 55.0 cm³/mol. The van der Waals surface area contributed by atoms with Crippen molar-refractivity contribution in [1.29, 1.82) is 0 Å². The molecule has 1 unspecified atom stereocenters. The Morgan fingerprint density at radius 3 is 2.53 bits per heavy atom. The van der Waals surface area contributed by atoms with Crippen molar-refractivity contribution in [3.63, 3.8) is 0 Å². The lowest BCUT2D eigenvalue weighted by Crippen LogP contribution is -2.51. The number of nitrogens with one attached hydrogen (secondary N) is 1. The number of nitrogens with zero attached hydrogens (tertiary/aromatic N) is 1. The molecular weight excluding hydrogens is 200 g/mol. The third-order valence-electron chi connectivity index (χ3n) is 3.62. The smallest absolute Gasteiger partial charge is 0.257 e. The van der Waals surface area contributed by atoms with Crippen molar-refractivity contribution in [2.75, 3.05) is 26.2 Å². The molecule has 0 aliphatic carbocycles. The molecule has 2 heterocycles. The first-order valence-corrected chi connectivity index (χ1v) is 5.64. The van der Waals surface area contributed by atoms with Gasteiger partial charge in [0.05, 0.1) is 5.54 Å². The number of rotatable bonds is 2. The van der Waals surface area contributed by atoms with Crippen LogP contribution in [-0.2, 0) is 0 Å². The molecule has 2 fully saturated rings. The van der Waals surface area contributed by atoms with E-state index in [0.717, 1.165) is 32.5 Å². The van der Waals surface area contributed by atoms with Gasteiger partial charge in [-0.05, 0) is 32.4 Å². The zero-order valence-electron chi connectivity index (χ0n) is 8.88. The van der Waals surface area contributed by atoms with E-state index in [4.69, 9.17) is 5.73 Å². The summed E-state index contributed by atoms with van der Waals surface area (Å²) in [6, 6.07) is 0.454. The number of halogens is 2. The first-order valence-electron chi connectivity index (χ1n) is 5.64. The molecule has 0 aromatic carbocycles. The van der Waals surface area contributed by atoms with Gasteiger partial charge >= 0.3 is 0 Å². The van der Waals surface area contributed by atoms with E-state index in [0.29, 0.717) is 19.0 Å². The molecule has 0 aromatic rings. The summed E-state index contributed by atoms with van der Waals surface area (Å²) in [5, 5.41) is 3.28. The highest BCUT2D eigenvalue weighted by molar-refractivity contribution is 4.99. The van der Waals surface area contributed by atoms with Crippen molar-refractivity contribution in [1.82, 2.24) is 10.2 Å². The van der Waals surface area contributed by atoms with E-state index in [1.54, 1.807) is 0 Å². The van der Waals surface area contributed by atoms with E-state index in [-0.39, 0.29) is 0 Å². The topological polar surface area (TPSA) is 41.3 Å². The van der Waals surface area contributed by atoms with Crippen LogP contribution in [-0.4, -0.2) is 49.1 Å². The summed E-state index contributed by atoms with van der Waals surface area (Å²) in [4.78, 5) is 2.15. The lowest BCUT2D eigenvalue weighted by molar-refractivity contribution is 0.0531. The van der Waals surface area contributed by atoms with Crippen molar-refractivity contribution in [3.8, 4) is 0 Å². The molecule has 5 heteroatoms. The molecule has 3 N–H and O–H groups in total. The summed E-state index contributed by atoms with van der Waals surface area (Å²) in [5.74, 6) is 0. The van der Waals surface area contributed by atoms with Gasteiger partial charge < -0.3 is 11.1 Å². The number of hydrogen-bond donors (Lipinski definition) is 2. The fraction of sp³-hybridized carbons (Fsp3) is 1.00. The van der Waals surface area contributed by atoms with Gasteiger partial charge in [0.15, 0.2) is 0 Å². The van der Waals surface area contributed by atoms with Crippen LogP contribution in [0.4, 0.5) is 8.78 Å². The van der Waals surface area contributed by atoms with E-state index >= 15 is 0 Å². The van der Waals surface area contributed by atoms with Crippen molar-refractivity contribution >= 4 is 0 Å². The molecule has 1 atom stereocenters. The van der Waals surface area contributed by atoms with Gasteiger partial charge in [0.2, 0.25) is 0 Å². The van der Waals surface area contributed by atoms with Gasteiger partial charge in [-0.25, -0.2) is 8.78 Å². The van der Waals surface area contributed by atoms with Gasteiger partial charge in [-0.15, -0.1) is 0 Å². The maximum atomic E-state index is 12.7. The maximum Gasteiger partial charge on any atom is 0.257 e. The number of piperidine rings is 1. The monoisotopic (exact) mass is 219 g/mol. The summed E-state index contributed by atoms with van der Waals surface area (Å²) in [6.07, 6.45) is 0.136. The average Bonchev–Trinajstić information content (AvgIpc) is 2.64. The highest BCUT2D eigenvalue weighted by Gasteiger charge is 2.44. The van der Waals surface area contributed by atoms with Gasteiger partial charge in [-0.3, -0.25) is 4.90 Å². The molecule has 0 radical (unpaired) electrons. The average molecular weight is 219 g/mol. The highest BCUT2D eigenvalue weighted by Crippen LogP contribution is 2.28. The van der Waals surface area contributed by atoms with Gasteiger partial charge in [-0.2, -0.15) is 0 Å². The third kappa shape index (κ3) is 2.29. The largest absolute Gasteiger partial charge is 0.319 e. The van der Waals surface area contributed by atoms with Crippen LogP contribution in [0.3, 0.4) is 0 Å². The van der Waals surface area contributed by atoms with Crippen LogP contribution in [0, 0.1) is 0 Å². The molecule has 2 saturated heterocycles. The summed E-state index contributed by atoms with van der Waals surface area (Å²) >= 11 is 0. The Morgan fingerprint density at radius 1 is 1.33 bits per heavy atom. The van der Waals surface area contributed by atoms with E-state index in [1.807, 2.05) is 0 Å². The van der Waals surface area contributed by atoms with Gasteiger partial charge in [0.1, 0.15) is 0 Å². The Labute approximate surface area is 89.0 Å². The molecule has 0 bridgehead atoms. The Bertz CT molecular complexity index is 219. The minimum absolute atomic E-state index is 0.356. The Balaban J connectivity index is 1.91. The number of alkyl halides is 2. The lowest BCUT2D eigenvalue weighted by Gasteiger charge is -2.32. The van der Waals surface area contributed by atoms with Crippen molar-refractivity contribution in [2.45, 2.75) is 37.3 Å². The zero-order valence-corrected chi connectivity index (χ0v) is 8.88. The van der Waals surface area contributed by atoms with E-state index in [2.05, 4.69) is 10.2 Å². The van der Waals surface area contributed by atoms with E-state index in [1.165, 1.54) is 0 Å².